The van der Waals surface area contributed by atoms with Gasteiger partial charge in [-0.15, -0.1) is 5.10 Å². The third-order valence-electron chi connectivity index (χ3n) is 3.94. The van der Waals surface area contributed by atoms with Crippen LogP contribution in [0.15, 0.2) is 36.4 Å². The van der Waals surface area contributed by atoms with Crippen LogP contribution in [0.5, 0.6) is 5.75 Å². The van der Waals surface area contributed by atoms with Gasteiger partial charge in [-0.2, -0.15) is 4.98 Å². The molecule has 7 heteroatoms. The molecule has 3 aromatic rings. The van der Waals surface area contributed by atoms with E-state index in [4.69, 9.17) is 10.5 Å². The molecule has 1 aromatic heterocycles. The number of aromatic amines is 1. The lowest BCUT2D eigenvalue weighted by molar-refractivity contribution is -0.122. The van der Waals surface area contributed by atoms with Crippen LogP contribution in [0.2, 0.25) is 0 Å². The molecule has 0 spiro atoms. The maximum atomic E-state index is 12.3. The van der Waals surface area contributed by atoms with Gasteiger partial charge in [0, 0.05) is 0 Å². The van der Waals surface area contributed by atoms with E-state index in [0.29, 0.717) is 5.82 Å². The van der Waals surface area contributed by atoms with Crippen molar-refractivity contribution in [1.82, 2.24) is 20.5 Å². The Bertz CT molecular complexity index is 874. The summed E-state index contributed by atoms with van der Waals surface area (Å²) in [5.41, 5.74) is 6.38. The first kappa shape index (κ1) is 15.8. The summed E-state index contributed by atoms with van der Waals surface area (Å²) in [5.74, 6) is 1.14. The summed E-state index contributed by atoms with van der Waals surface area (Å²) in [4.78, 5) is 16.3. The van der Waals surface area contributed by atoms with Crippen LogP contribution in [0.1, 0.15) is 24.2 Å². The normalized spacial score (nSPS) is 12.1. The summed E-state index contributed by atoms with van der Waals surface area (Å²) in [6.45, 7) is 2.13. The molecule has 0 saturated heterocycles. The average molecular weight is 325 g/mol. The molecule has 124 valence electrons. The van der Waals surface area contributed by atoms with Gasteiger partial charge in [-0.3, -0.25) is 9.89 Å². The lowest BCUT2D eigenvalue weighted by Gasteiger charge is -2.13. The Kier molecular flexibility index (Phi) is 4.33. The topological polar surface area (TPSA) is 106 Å². The molecule has 0 unspecified atom stereocenters. The van der Waals surface area contributed by atoms with Gasteiger partial charge in [-0.1, -0.05) is 24.3 Å². The maximum Gasteiger partial charge on any atom is 0.239 e. The van der Waals surface area contributed by atoms with Gasteiger partial charge in [0.1, 0.15) is 11.6 Å². The standard InChI is InChI=1S/C17H19N5O2/c1-10(16(23)19-9-15-20-17(18)22-21-15)11-3-4-13-8-14(24-2)6-5-12(13)7-11/h3-8,10H,9H2,1-2H3,(H,19,23)(H3,18,20,21,22)/t10-/m0/s1. The molecule has 24 heavy (non-hydrogen) atoms. The van der Waals surface area contributed by atoms with Crippen LogP contribution in [0.3, 0.4) is 0 Å². The van der Waals surface area contributed by atoms with Crippen molar-refractivity contribution < 1.29 is 9.53 Å². The van der Waals surface area contributed by atoms with Crippen LogP contribution in [-0.2, 0) is 11.3 Å². The molecule has 0 saturated carbocycles. The number of nitrogens with one attached hydrogen (secondary N) is 2. The van der Waals surface area contributed by atoms with E-state index in [1.54, 1.807) is 7.11 Å². The summed E-state index contributed by atoms with van der Waals surface area (Å²) in [6, 6.07) is 11.8. The Morgan fingerprint density at radius 1 is 1.29 bits per heavy atom. The van der Waals surface area contributed by atoms with E-state index in [1.165, 1.54) is 0 Å². The van der Waals surface area contributed by atoms with Crippen molar-refractivity contribution in [2.24, 2.45) is 0 Å². The zero-order valence-electron chi connectivity index (χ0n) is 13.5. The number of anilines is 1. The number of rotatable bonds is 5. The Hall–Kier alpha value is -3.09. The first-order valence-electron chi connectivity index (χ1n) is 7.59. The van der Waals surface area contributed by atoms with Crippen molar-refractivity contribution in [2.45, 2.75) is 19.4 Å². The van der Waals surface area contributed by atoms with Gasteiger partial charge in [0.15, 0.2) is 0 Å². The predicted octanol–water partition coefficient (Wildman–Crippen LogP) is 1.97. The van der Waals surface area contributed by atoms with Crippen molar-refractivity contribution in [3.05, 3.63) is 47.8 Å². The highest BCUT2D eigenvalue weighted by Crippen LogP contribution is 2.25. The Balaban J connectivity index is 1.72. The molecule has 3 rings (SSSR count). The number of aromatic nitrogens is 3. The molecule has 1 amide bonds. The lowest BCUT2D eigenvalue weighted by Crippen LogP contribution is -2.28. The molecule has 2 aromatic carbocycles. The molecule has 0 aliphatic carbocycles. The van der Waals surface area contributed by atoms with Gasteiger partial charge in [-0.25, -0.2) is 0 Å². The summed E-state index contributed by atoms with van der Waals surface area (Å²) in [6.07, 6.45) is 0. The maximum absolute atomic E-state index is 12.3. The smallest absolute Gasteiger partial charge is 0.239 e. The van der Waals surface area contributed by atoms with Crippen LogP contribution >= 0.6 is 0 Å². The van der Waals surface area contributed by atoms with Crippen molar-refractivity contribution in [1.29, 1.82) is 0 Å². The second-order valence-corrected chi connectivity index (χ2v) is 5.55. The van der Waals surface area contributed by atoms with Gasteiger partial charge in [-0.05, 0) is 35.4 Å². The Labute approximate surface area is 139 Å². The fraction of sp³-hybridized carbons (Fsp3) is 0.235. The molecule has 7 nitrogen and oxygen atoms in total. The molecular formula is C17H19N5O2. The largest absolute Gasteiger partial charge is 0.497 e. The van der Waals surface area contributed by atoms with Gasteiger partial charge in [0.2, 0.25) is 11.9 Å². The number of hydrogen-bond acceptors (Lipinski definition) is 5. The van der Waals surface area contributed by atoms with Gasteiger partial charge in [0.25, 0.3) is 0 Å². The number of methoxy groups -OCH3 is 1. The summed E-state index contributed by atoms with van der Waals surface area (Å²) >= 11 is 0. The first-order valence-corrected chi connectivity index (χ1v) is 7.59. The van der Waals surface area contributed by atoms with E-state index in [2.05, 4.69) is 20.5 Å². The molecule has 0 fully saturated rings. The monoisotopic (exact) mass is 325 g/mol. The van der Waals surface area contributed by atoms with Crippen LogP contribution < -0.4 is 15.8 Å². The fourth-order valence-corrected chi connectivity index (χ4v) is 2.50. The molecule has 1 atom stereocenters. The highest BCUT2D eigenvalue weighted by Gasteiger charge is 2.16. The van der Waals surface area contributed by atoms with Crippen molar-refractivity contribution in [3.63, 3.8) is 0 Å². The van der Waals surface area contributed by atoms with E-state index < -0.39 is 0 Å². The van der Waals surface area contributed by atoms with Gasteiger partial charge in [0.05, 0.1) is 19.6 Å². The first-order chi connectivity index (χ1) is 11.6. The van der Waals surface area contributed by atoms with E-state index >= 15 is 0 Å². The fourth-order valence-electron chi connectivity index (χ4n) is 2.50. The Morgan fingerprint density at radius 3 is 2.75 bits per heavy atom. The van der Waals surface area contributed by atoms with Crippen molar-refractivity contribution in [3.8, 4) is 5.75 Å². The second kappa shape index (κ2) is 6.57. The van der Waals surface area contributed by atoms with Crippen LogP contribution in [0, 0.1) is 0 Å². The summed E-state index contributed by atoms with van der Waals surface area (Å²) < 4.78 is 5.23. The van der Waals surface area contributed by atoms with E-state index in [9.17, 15) is 4.79 Å². The number of carbonyl (C=O) groups is 1. The quantitative estimate of drug-likeness (QED) is 0.665. The summed E-state index contributed by atoms with van der Waals surface area (Å²) in [5, 5.41) is 11.4. The van der Waals surface area contributed by atoms with Crippen molar-refractivity contribution in [2.75, 3.05) is 12.8 Å². The molecule has 0 bridgehead atoms. The molecule has 0 aliphatic rings. The molecule has 1 heterocycles. The highest BCUT2D eigenvalue weighted by molar-refractivity contribution is 5.88. The number of nitrogen functional groups attached to an aromatic ring is 1. The average Bonchev–Trinajstić information content (AvgIpc) is 3.03. The third kappa shape index (κ3) is 3.29. The minimum Gasteiger partial charge on any atom is -0.497 e. The SMILES string of the molecule is COc1ccc2cc([C@H](C)C(=O)NCc3nc(N)n[nH]3)ccc2c1. The van der Waals surface area contributed by atoms with Crippen LogP contribution in [0.4, 0.5) is 5.95 Å². The number of ether oxygens (including phenoxy) is 1. The zero-order chi connectivity index (χ0) is 17.1. The lowest BCUT2D eigenvalue weighted by atomic mass is 9.97. The van der Waals surface area contributed by atoms with Crippen LogP contribution in [0.25, 0.3) is 10.8 Å². The number of benzene rings is 2. The minimum atomic E-state index is -0.281. The molecule has 0 aliphatic heterocycles. The van der Waals surface area contributed by atoms with E-state index in [0.717, 1.165) is 22.1 Å². The number of H-pyrrole nitrogens is 1. The molecule has 4 N–H and O–H groups in total. The van der Waals surface area contributed by atoms with Gasteiger partial charge >= 0.3 is 0 Å². The highest BCUT2D eigenvalue weighted by atomic mass is 16.5. The summed E-state index contributed by atoms with van der Waals surface area (Å²) in [7, 11) is 1.64. The number of nitrogens with two attached hydrogens (primary N) is 1. The van der Waals surface area contributed by atoms with Gasteiger partial charge < -0.3 is 15.8 Å². The van der Waals surface area contributed by atoms with E-state index in [-0.39, 0.29) is 24.3 Å². The molecular weight excluding hydrogens is 306 g/mol. The number of hydrogen-bond donors (Lipinski definition) is 3. The predicted molar refractivity (Wildman–Crippen MR) is 91.6 cm³/mol. The Morgan fingerprint density at radius 2 is 2.04 bits per heavy atom. The second-order valence-electron chi connectivity index (χ2n) is 5.55. The number of fused-ring (bicyclic) bond motifs is 1. The van der Waals surface area contributed by atoms with Crippen LogP contribution in [-0.4, -0.2) is 28.2 Å². The molecule has 0 radical (unpaired) electrons. The number of carbonyl (C=O) groups excluding carboxylic acids is 1. The van der Waals surface area contributed by atoms with Crippen molar-refractivity contribution >= 4 is 22.6 Å². The zero-order valence-corrected chi connectivity index (χ0v) is 13.5. The number of nitrogens with zero attached hydrogens (tertiary/aromatic N) is 2. The third-order valence-corrected chi connectivity index (χ3v) is 3.94. The van der Waals surface area contributed by atoms with E-state index in [1.807, 2.05) is 43.3 Å². The minimum absolute atomic E-state index is 0.0853. The number of amides is 1.